The van der Waals surface area contributed by atoms with E-state index in [1.54, 1.807) is 48.5 Å². The van der Waals surface area contributed by atoms with Crippen LogP contribution in [-0.4, -0.2) is 18.1 Å². The van der Waals surface area contributed by atoms with Gasteiger partial charge in [-0.05, 0) is 41.5 Å². The molecule has 3 rings (SSSR count). The first-order chi connectivity index (χ1) is 14.3. The minimum atomic E-state index is -4.48. The molecule has 1 aromatic heterocycles. The molecule has 0 atom stereocenters. The number of carbonyl (C=O) groups excluding carboxylic acids is 1. The van der Waals surface area contributed by atoms with Crippen LogP contribution in [0.5, 0.6) is 5.75 Å². The SMILES string of the molecule is COC(=O)c1ccc(COc2ccc(Cc3ncc(C(F)(F)F)cc3Cl)cc2)cc1. The van der Waals surface area contributed by atoms with Crippen molar-refractivity contribution in [2.75, 3.05) is 7.11 Å². The van der Waals surface area contributed by atoms with E-state index in [1.807, 2.05) is 0 Å². The predicted molar refractivity (Wildman–Crippen MR) is 106 cm³/mol. The Hall–Kier alpha value is -3.06. The molecule has 30 heavy (non-hydrogen) atoms. The first-order valence-electron chi connectivity index (χ1n) is 8.87. The fraction of sp³-hybridized carbons (Fsp3) is 0.182. The molecule has 2 aromatic carbocycles. The molecule has 0 saturated carbocycles. The molecule has 8 heteroatoms. The number of halogens is 4. The number of ether oxygens (including phenoxy) is 2. The Morgan fingerprint density at radius 2 is 1.67 bits per heavy atom. The Labute approximate surface area is 176 Å². The largest absolute Gasteiger partial charge is 0.489 e. The number of benzene rings is 2. The van der Waals surface area contributed by atoms with E-state index < -0.39 is 17.7 Å². The Kier molecular flexibility index (Phi) is 6.62. The van der Waals surface area contributed by atoms with Crippen LogP contribution in [0.25, 0.3) is 0 Å². The summed E-state index contributed by atoms with van der Waals surface area (Å²) in [6.45, 7) is 0.313. The minimum Gasteiger partial charge on any atom is -0.489 e. The second kappa shape index (κ2) is 9.17. The second-order valence-electron chi connectivity index (χ2n) is 6.45. The smallest absolute Gasteiger partial charge is 0.417 e. The average Bonchev–Trinajstić information content (AvgIpc) is 2.73. The van der Waals surface area contributed by atoms with Crippen LogP contribution in [0.15, 0.2) is 60.8 Å². The number of hydrogen-bond donors (Lipinski definition) is 0. The van der Waals surface area contributed by atoms with Crippen LogP contribution < -0.4 is 4.74 Å². The molecule has 0 amide bonds. The van der Waals surface area contributed by atoms with Crippen LogP contribution in [-0.2, 0) is 23.9 Å². The number of aromatic nitrogens is 1. The van der Waals surface area contributed by atoms with Gasteiger partial charge in [-0.25, -0.2) is 4.79 Å². The van der Waals surface area contributed by atoms with Gasteiger partial charge in [-0.3, -0.25) is 4.98 Å². The normalized spacial score (nSPS) is 11.2. The molecule has 0 radical (unpaired) electrons. The minimum absolute atomic E-state index is 0.0273. The van der Waals surface area contributed by atoms with E-state index in [1.165, 1.54) is 7.11 Å². The molecular formula is C22H17ClF3NO3. The molecule has 0 aliphatic rings. The number of carbonyl (C=O) groups is 1. The lowest BCUT2D eigenvalue weighted by Gasteiger charge is -2.10. The van der Waals surface area contributed by atoms with E-state index in [-0.39, 0.29) is 5.02 Å². The maximum atomic E-state index is 12.7. The van der Waals surface area contributed by atoms with Crippen molar-refractivity contribution in [1.29, 1.82) is 0 Å². The first-order valence-corrected chi connectivity index (χ1v) is 9.24. The van der Waals surface area contributed by atoms with Crippen LogP contribution in [0.3, 0.4) is 0 Å². The summed E-state index contributed by atoms with van der Waals surface area (Å²) in [4.78, 5) is 15.3. The third-order valence-electron chi connectivity index (χ3n) is 4.32. The number of pyridine rings is 1. The Morgan fingerprint density at radius 1 is 1.03 bits per heavy atom. The Morgan fingerprint density at radius 3 is 2.23 bits per heavy atom. The van der Waals surface area contributed by atoms with E-state index in [2.05, 4.69) is 9.72 Å². The molecule has 4 nitrogen and oxygen atoms in total. The van der Waals surface area contributed by atoms with Gasteiger partial charge in [-0.1, -0.05) is 35.9 Å². The van der Waals surface area contributed by atoms with Gasteiger partial charge in [0, 0.05) is 12.6 Å². The molecule has 0 aliphatic carbocycles. The van der Waals surface area contributed by atoms with Gasteiger partial charge in [-0.2, -0.15) is 13.2 Å². The van der Waals surface area contributed by atoms with E-state index in [4.69, 9.17) is 16.3 Å². The van der Waals surface area contributed by atoms with E-state index >= 15 is 0 Å². The van der Waals surface area contributed by atoms with Gasteiger partial charge in [0.25, 0.3) is 0 Å². The maximum Gasteiger partial charge on any atom is 0.417 e. The fourth-order valence-electron chi connectivity index (χ4n) is 2.67. The Balaban J connectivity index is 1.59. The van der Waals surface area contributed by atoms with Crippen molar-refractivity contribution in [2.24, 2.45) is 0 Å². The third-order valence-corrected chi connectivity index (χ3v) is 4.65. The molecule has 3 aromatic rings. The quantitative estimate of drug-likeness (QED) is 0.465. The van der Waals surface area contributed by atoms with Crippen molar-refractivity contribution in [2.45, 2.75) is 19.2 Å². The number of hydrogen-bond acceptors (Lipinski definition) is 4. The molecule has 0 unspecified atom stereocenters. The van der Waals surface area contributed by atoms with Gasteiger partial charge < -0.3 is 9.47 Å². The molecule has 156 valence electrons. The molecular weight excluding hydrogens is 419 g/mol. The van der Waals surface area contributed by atoms with Crippen LogP contribution in [0.4, 0.5) is 13.2 Å². The van der Waals surface area contributed by atoms with Crippen molar-refractivity contribution in [3.8, 4) is 5.75 Å². The average molecular weight is 436 g/mol. The van der Waals surface area contributed by atoms with Gasteiger partial charge in [0.1, 0.15) is 12.4 Å². The highest BCUT2D eigenvalue weighted by Crippen LogP contribution is 2.31. The molecule has 0 fully saturated rings. The van der Waals surface area contributed by atoms with Crippen molar-refractivity contribution in [3.63, 3.8) is 0 Å². The number of methoxy groups -OCH3 is 1. The monoisotopic (exact) mass is 435 g/mol. The lowest BCUT2D eigenvalue weighted by atomic mass is 10.1. The first kappa shape index (κ1) is 21.6. The summed E-state index contributed by atoms with van der Waals surface area (Å²) in [7, 11) is 1.32. The maximum absolute atomic E-state index is 12.7. The van der Waals surface area contributed by atoms with Gasteiger partial charge in [-0.15, -0.1) is 0 Å². The second-order valence-corrected chi connectivity index (χ2v) is 6.86. The lowest BCUT2D eigenvalue weighted by molar-refractivity contribution is -0.137. The molecule has 0 saturated heterocycles. The highest BCUT2D eigenvalue weighted by atomic mass is 35.5. The summed E-state index contributed by atoms with van der Waals surface area (Å²) in [5.41, 5.74) is 1.66. The van der Waals surface area contributed by atoms with E-state index in [9.17, 15) is 18.0 Å². The van der Waals surface area contributed by atoms with Crippen LogP contribution in [0.2, 0.25) is 5.02 Å². The Bertz CT molecular complexity index is 1020. The summed E-state index contributed by atoms with van der Waals surface area (Å²) < 4.78 is 48.5. The van der Waals surface area contributed by atoms with Crippen LogP contribution in [0, 0.1) is 0 Å². The van der Waals surface area contributed by atoms with Crippen LogP contribution >= 0.6 is 11.6 Å². The van der Waals surface area contributed by atoms with Gasteiger partial charge in [0.15, 0.2) is 0 Å². The summed E-state index contributed by atoms with van der Waals surface area (Å²) >= 11 is 5.96. The van der Waals surface area contributed by atoms with Gasteiger partial charge in [0.2, 0.25) is 0 Å². The van der Waals surface area contributed by atoms with E-state index in [0.717, 1.165) is 23.4 Å². The number of alkyl halides is 3. The lowest BCUT2D eigenvalue weighted by Crippen LogP contribution is -2.07. The topological polar surface area (TPSA) is 48.4 Å². The van der Waals surface area contributed by atoms with Crippen LogP contribution in [0.1, 0.15) is 32.7 Å². The molecule has 0 bridgehead atoms. The molecule has 0 aliphatic heterocycles. The van der Waals surface area contributed by atoms with Crippen molar-refractivity contribution in [3.05, 3.63) is 93.8 Å². The summed E-state index contributed by atoms with van der Waals surface area (Å²) in [6.07, 6.45) is -3.40. The highest BCUT2D eigenvalue weighted by Gasteiger charge is 2.31. The molecule has 0 spiro atoms. The summed E-state index contributed by atoms with van der Waals surface area (Å²) in [6, 6.07) is 14.9. The number of nitrogens with zero attached hydrogens (tertiary/aromatic N) is 1. The highest BCUT2D eigenvalue weighted by molar-refractivity contribution is 6.31. The predicted octanol–water partition coefficient (Wildman–Crippen LogP) is 5.71. The fourth-order valence-corrected chi connectivity index (χ4v) is 2.90. The van der Waals surface area contributed by atoms with Crippen molar-refractivity contribution >= 4 is 17.6 Å². The molecule has 0 N–H and O–H groups in total. The summed E-state index contributed by atoms with van der Waals surface area (Å²) in [5.74, 6) is 0.225. The zero-order chi connectivity index (χ0) is 21.7. The number of esters is 1. The number of rotatable bonds is 6. The zero-order valence-corrected chi connectivity index (χ0v) is 16.6. The van der Waals surface area contributed by atoms with Crippen molar-refractivity contribution < 1.29 is 27.4 Å². The zero-order valence-electron chi connectivity index (χ0n) is 15.9. The third kappa shape index (κ3) is 5.51. The molecule has 1 heterocycles. The van der Waals surface area contributed by atoms with Gasteiger partial charge >= 0.3 is 12.1 Å². The summed E-state index contributed by atoms with van der Waals surface area (Å²) in [5, 5.41) is -0.0273. The standard InChI is InChI=1S/C22H17ClF3NO3/c1-29-21(28)16-6-2-15(3-7-16)13-30-18-8-4-14(5-9-18)10-20-19(23)11-17(12-27-20)22(24,25)26/h2-9,11-12H,10,13H2,1H3. The van der Waals surface area contributed by atoms with Gasteiger partial charge in [0.05, 0.1) is 29.0 Å². The van der Waals surface area contributed by atoms with Crippen molar-refractivity contribution in [1.82, 2.24) is 4.98 Å². The van der Waals surface area contributed by atoms with E-state index in [0.29, 0.717) is 30.0 Å².